The van der Waals surface area contributed by atoms with E-state index in [0.717, 1.165) is 69.1 Å². The van der Waals surface area contributed by atoms with Crippen molar-refractivity contribution in [3.05, 3.63) is 29.8 Å². The molecule has 2 unspecified atom stereocenters. The van der Waals surface area contributed by atoms with Crippen LogP contribution in [0.15, 0.2) is 29.3 Å². The second kappa shape index (κ2) is 11.6. The zero-order valence-electron chi connectivity index (χ0n) is 17.4. The molecule has 0 radical (unpaired) electrons. The standard InChI is InChI=1S/C22H33N5O2/c1-2-24-22(25-11-14-28-17-20-9-6-13-29-20)26-19-8-5-12-27(16-19)21-10-4-3-7-18(21)15-23/h3-4,7,10,19-20H,2,5-6,8-9,11-14,16-17H2,1H3,(H2,24,25,26). The molecule has 2 fully saturated rings. The topological polar surface area (TPSA) is 81.9 Å². The second-order valence-electron chi connectivity index (χ2n) is 7.53. The van der Waals surface area contributed by atoms with Gasteiger partial charge in [-0.25, -0.2) is 0 Å². The first-order valence-corrected chi connectivity index (χ1v) is 10.8. The van der Waals surface area contributed by atoms with E-state index in [1.54, 1.807) is 0 Å². The van der Waals surface area contributed by atoms with E-state index >= 15 is 0 Å². The summed E-state index contributed by atoms with van der Waals surface area (Å²) in [6.45, 7) is 7.46. The molecular weight excluding hydrogens is 366 g/mol. The largest absolute Gasteiger partial charge is 0.377 e. The van der Waals surface area contributed by atoms with Crippen LogP contribution in [-0.4, -0.2) is 64.1 Å². The quantitative estimate of drug-likeness (QED) is 0.397. The van der Waals surface area contributed by atoms with Crippen molar-refractivity contribution in [2.75, 3.05) is 50.9 Å². The molecule has 7 heteroatoms. The first kappa shape index (κ1) is 21.4. The average Bonchev–Trinajstić information content (AvgIpc) is 3.27. The zero-order chi connectivity index (χ0) is 20.3. The summed E-state index contributed by atoms with van der Waals surface area (Å²) in [6.07, 6.45) is 4.67. The van der Waals surface area contributed by atoms with E-state index in [1.807, 2.05) is 24.3 Å². The summed E-state index contributed by atoms with van der Waals surface area (Å²) in [7, 11) is 0. The monoisotopic (exact) mass is 399 g/mol. The molecule has 2 saturated heterocycles. The van der Waals surface area contributed by atoms with Crippen LogP contribution in [0.3, 0.4) is 0 Å². The van der Waals surface area contributed by atoms with Crippen LogP contribution in [0.25, 0.3) is 0 Å². The Kier molecular flexibility index (Phi) is 8.59. The molecule has 0 aliphatic carbocycles. The fourth-order valence-corrected chi connectivity index (χ4v) is 3.88. The highest BCUT2D eigenvalue weighted by Gasteiger charge is 2.22. The van der Waals surface area contributed by atoms with Gasteiger partial charge in [-0.15, -0.1) is 0 Å². The van der Waals surface area contributed by atoms with Gasteiger partial charge in [0.15, 0.2) is 5.96 Å². The lowest BCUT2D eigenvalue weighted by atomic mass is 10.0. The summed E-state index contributed by atoms with van der Waals surface area (Å²) in [5.41, 5.74) is 1.75. The van der Waals surface area contributed by atoms with E-state index in [0.29, 0.717) is 25.8 Å². The molecule has 1 aromatic rings. The maximum absolute atomic E-state index is 9.40. The third kappa shape index (κ3) is 6.62. The second-order valence-corrected chi connectivity index (χ2v) is 7.53. The summed E-state index contributed by atoms with van der Waals surface area (Å²) in [4.78, 5) is 6.96. The number of nitrogens with zero attached hydrogens (tertiary/aromatic N) is 3. The number of nitriles is 1. The lowest BCUT2D eigenvalue weighted by Crippen LogP contribution is -2.51. The van der Waals surface area contributed by atoms with Gasteiger partial charge >= 0.3 is 0 Å². The summed E-state index contributed by atoms with van der Waals surface area (Å²) in [6, 6.07) is 10.4. The Labute approximate surface area is 174 Å². The zero-order valence-corrected chi connectivity index (χ0v) is 17.4. The van der Waals surface area contributed by atoms with E-state index in [1.165, 1.54) is 0 Å². The molecule has 2 atom stereocenters. The van der Waals surface area contributed by atoms with Crippen molar-refractivity contribution in [3.63, 3.8) is 0 Å². The van der Waals surface area contributed by atoms with E-state index in [2.05, 4.69) is 33.5 Å². The number of hydrogen-bond donors (Lipinski definition) is 2. The van der Waals surface area contributed by atoms with Crippen molar-refractivity contribution in [2.45, 2.75) is 44.8 Å². The molecule has 2 heterocycles. The molecule has 0 amide bonds. The third-order valence-corrected chi connectivity index (χ3v) is 5.30. The fourth-order valence-electron chi connectivity index (χ4n) is 3.88. The van der Waals surface area contributed by atoms with Crippen molar-refractivity contribution in [1.29, 1.82) is 5.26 Å². The minimum atomic E-state index is 0.259. The molecule has 0 aromatic heterocycles. The first-order chi connectivity index (χ1) is 14.3. The predicted octanol–water partition coefficient (Wildman–Crippen LogP) is 2.28. The van der Waals surface area contributed by atoms with Crippen molar-refractivity contribution >= 4 is 11.6 Å². The lowest BCUT2D eigenvalue weighted by molar-refractivity contribution is 0.0200. The van der Waals surface area contributed by atoms with Crippen molar-refractivity contribution in [2.24, 2.45) is 4.99 Å². The summed E-state index contributed by atoms with van der Waals surface area (Å²) in [5.74, 6) is 0.827. The molecular formula is C22H33N5O2. The number of anilines is 1. The summed E-state index contributed by atoms with van der Waals surface area (Å²) in [5, 5.41) is 16.3. The van der Waals surface area contributed by atoms with Gasteiger partial charge in [0.25, 0.3) is 0 Å². The highest BCUT2D eigenvalue weighted by Crippen LogP contribution is 2.23. The van der Waals surface area contributed by atoms with E-state index in [9.17, 15) is 5.26 Å². The molecule has 2 aliphatic rings. The Hall–Kier alpha value is -2.30. The van der Waals surface area contributed by atoms with Crippen LogP contribution < -0.4 is 15.5 Å². The maximum atomic E-state index is 9.40. The van der Waals surface area contributed by atoms with Gasteiger partial charge < -0.3 is 25.0 Å². The van der Waals surface area contributed by atoms with Gasteiger partial charge in [0.05, 0.1) is 37.1 Å². The number of aliphatic imine (C=N–C) groups is 1. The highest BCUT2D eigenvalue weighted by molar-refractivity contribution is 5.80. The van der Waals surface area contributed by atoms with Crippen LogP contribution in [0.2, 0.25) is 0 Å². The molecule has 1 aromatic carbocycles. The molecule has 2 N–H and O–H groups in total. The van der Waals surface area contributed by atoms with E-state index in [4.69, 9.17) is 9.47 Å². The number of guanidine groups is 1. The molecule has 2 aliphatic heterocycles. The number of nitrogens with one attached hydrogen (secondary N) is 2. The number of para-hydroxylation sites is 1. The van der Waals surface area contributed by atoms with Crippen LogP contribution in [-0.2, 0) is 9.47 Å². The predicted molar refractivity (Wildman–Crippen MR) is 115 cm³/mol. The third-order valence-electron chi connectivity index (χ3n) is 5.30. The number of piperidine rings is 1. The van der Waals surface area contributed by atoms with Crippen LogP contribution in [0.4, 0.5) is 5.69 Å². The molecule has 0 saturated carbocycles. The van der Waals surface area contributed by atoms with Gasteiger partial charge in [0.2, 0.25) is 0 Å². The minimum absolute atomic E-state index is 0.259. The SMILES string of the molecule is CCNC(=NCCOCC1CCCO1)NC1CCCN(c2ccccc2C#N)C1. The van der Waals surface area contributed by atoms with Crippen LogP contribution >= 0.6 is 0 Å². The van der Waals surface area contributed by atoms with Crippen molar-refractivity contribution < 1.29 is 9.47 Å². The van der Waals surface area contributed by atoms with Crippen LogP contribution in [0.1, 0.15) is 38.2 Å². The van der Waals surface area contributed by atoms with Gasteiger partial charge in [-0.1, -0.05) is 12.1 Å². The summed E-state index contributed by atoms with van der Waals surface area (Å²) < 4.78 is 11.3. The van der Waals surface area contributed by atoms with Gasteiger partial charge in [0.1, 0.15) is 6.07 Å². The average molecular weight is 400 g/mol. The Morgan fingerprint density at radius 1 is 1.34 bits per heavy atom. The lowest BCUT2D eigenvalue weighted by Gasteiger charge is -2.35. The van der Waals surface area contributed by atoms with Gasteiger partial charge in [-0.3, -0.25) is 4.99 Å². The maximum Gasteiger partial charge on any atom is 0.191 e. The van der Waals surface area contributed by atoms with E-state index in [-0.39, 0.29) is 6.10 Å². The van der Waals surface area contributed by atoms with E-state index < -0.39 is 0 Å². The molecule has 3 rings (SSSR count). The minimum Gasteiger partial charge on any atom is -0.377 e. The molecule has 158 valence electrons. The molecule has 29 heavy (non-hydrogen) atoms. The fraction of sp³-hybridized carbons (Fsp3) is 0.636. The van der Waals surface area contributed by atoms with Gasteiger partial charge in [0, 0.05) is 32.3 Å². The Balaban J connectivity index is 1.49. The molecule has 7 nitrogen and oxygen atoms in total. The highest BCUT2D eigenvalue weighted by atomic mass is 16.5. The van der Waals surface area contributed by atoms with Crippen molar-refractivity contribution in [1.82, 2.24) is 10.6 Å². The van der Waals surface area contributed by atoms with Crippen molar-refractivity contribution in [3.8, 4) is 6.07 Å². The number of benzene rings is 1. The van der Waals surface area contributed by atoms with Crippen LogP contribution in [0.5, 0.6) is 0 Å². The van der Waals surface area contributed by atoms with Gasteiger partial charge in [-0.05, 0) is 44.7 Å². The Morgan fingerprint density at radius 2 is 2.24 bits per heavy atom. The number of hydrogen-bond acceptors (Lipinski definition) is 5. The normalized spacial score (nSPS) is 22.3. The number of ether oxygens (including phenoxy) is 2. The summed E-state index contributed by atoms with van der Waals surface area (Å²) >= 11 is 0. The number of rotatable bonds is 8. The smallest absolute Gasteiger partial charge is 0.191 e. The Bertz CT molecular complexity index is 697. The first-order valence-electron chi connectivity index (χ1n) is 10.8. The van der Waals surface area contributed by atoms with Crippen LogP contribution in [0, 0.1) is 11.3 Å². The Morgan fingerprint density at radius 3 is 3.03 bits per heavy atom. The molecule has 0 bridgehead atoms. The van der Waals surface area contributed by atoms with Gasteiger partial charge in [-0.2, -0.15) is 5.26 Å². The molecule has 0 spiro atoms.